The highest BCUT2D eigenvalue weighted by Crippen LogP contribution is 2.38. The lowest BCUT2D eigenvalue weighted by molar-refractivity contribution is 0.0712. The molecule has 0 fully saturated rings. The second-order valence-corrected chi connectivity index (χ2v) is 7.11. The lowest BCUT2D eigenvalue weighted by Gasteiger charge is -2.30. The van der Waals surface area contributed by atoms with Gasteiger partial charge in [-0.05, 0) is 49.8 Å². The van der Waals surface area contributed by atoms with E-state index in [1.165, 1.54) is 15.6 Å². The number of aryl methyl sites for hydroxylation is 3. The van der Waals surface area contributed by atoms with Crippen LogP contribution in [0.15, 0.2) is 18.3 Å². The zero-order chi connectivity index (χ0) is 16.4. The molecule has 5 heteroatoms. The third kappa shape index (κ3) is 3.15. The topological polar surface area (TPSA) is 46.1 Å². The minimum absolute atomic E-state index is 0.00426. The number of nitrogens with zero attached hydrogens (tertiary/aromatic N) is 3. The van der Waals surface area contributed by atoms with Crippen LogP contribution in [0.2, 0.25) is 0 Å². The number of pyridine rings is 1. The number of amides is 1. The van der Waals surface area contributed by atoms with Gasteiger partial charge in [0, 0.05) is 13.2 Å². The van der Waals surface area contributed by atoms with Crippen LogP contribution >= 0.6 is 11.3 Å². The van der Waals surface area contributed by atoms with Gasteiger partial charge in [0.25, 0.3) is 5.91 Å². The van der Waals surface area contributed by atoms with Gasteiger partial charge in [-0.3, -0.25) is 9.78 Å². The van der Waals surface area contributed by atoms with Crippen molar-refractivity contribution < 1.29 is 4.79 Å². The summed E-state index contributed by atoms with van der Waals surface area (Å²) in [5, 5.41) is 1.17. The van der Waals surface area contributed by atoms with E-state index < -0.39 is 0 Å². The minimum atomic E-state index is 0.00426. The fraction of sp³-hybridized carbons (Fsp3) is 0.500. The molecular formula is C18H23N3OS. The third-order valence-electron chi connectivity index (χ3n) is 4.51. The highest BCUT2D eigenvalue weighted by molar-refractivity contribution is 7.11. The lowest BCUT2D eigenvalue weighted by atomic mass is 9.96. The summed E-state index contributed by atoms with van der Waals surface area (Å²) in [6.45, 7) is 4.22. The molecule has 0 aromatic carbocycles. The molecule has 0 bridgehead atoms. The molecule has 1 amide bonds. The maximum Gasteiger partial charge on any atom is 0.272 e. The van der Waals surface area contributed by atoms with Crippen molar-refractivity contribution in [2.24, 2.45) is 0 Å². The first-order chi connectivity index (χ1) is 11.1. The van der Waals surface area contributed by atoms with E-state index >= 15 is 0 Å². The molecule has 1 aliphatic carbocycles. The second-order valence-electron chi connectivity index (χ2n) is 6.00. The first-order valence-electron chi connectivity index (χ1n) is 8.34. The van der Waals surface area contributed by atoms with Gasteiger partial charge in [0.2, 0.25) is 0 Å². The molecule has 122 valence electrons. The molecule has 0 saturated carbocycles. The van der Waals surface area contributed by atoms with Crippen molar-refractivity contribution in [2.45, 2.75) is 52.0 Å². The quantitative estimate of drug-likeness (QED) is 0.857. The Bertz CT molecular complexity index is 710. The lowest BCUT2D eigenvalue weighted by Crippen LogP contribution is -2.33. The molecule has 0 aliphatic heterocycles. The minimum Gasteiger partial charge on any atom is -0.332 e. The Morgan fingerprint density at radius 1 is 1.39 bits per heavy atom. The van der Waals surface area contributed by atoms with E-state index in [-0.39, 0.29) is 11.9 Å². The third-order valence-corrected chi connectivity index (χ3v) is 5.85. The van der Waals surface area contributed by atoms with Crippen molar-refractivity contribution in [3.05, 3.63) is 45.2 Å². The molecule has 4 nitrogen and oxygen atoms in total. The van der Waals surface area contributed by atoms with Crippen LogP contribution in [0.3, 0.4) is 0 Å². The van der Waals surface area contributed by atoms with Gasteiger partial charge < -0.3 is 4.90 Å². The van der Waals surface area contributed by atoms with Crippen molar-refractivity contribution in [2.75, 3.05) is 7.05 Å². The van der Waals surface area contributed by atoms with Gasteiger partial charge in [0.05, 0.1) is 21.6 Å². The summed E-state index contributed by atoms with van der Waals surface area (Å²) in [7, 11) is 1.90. The van der Waals surface area contributed by atoms with Crippen LogP contribution in [-0.2, 0) is 19.3 Å². The zero-order valence-corrected chi connectivity index (χ0v) is 14.8. The molecule has 0 spiro atoms. The van der Waals surface area contributed by atoms with Crippen molar-refractivity contribution in [1.29, 1.82) is 0 Å². The van der Waals surface area contributed by atoms with Crippen LogP contribution in [0.5, 0.6) is 0 Å². The highest BCUT2D eigenvalue weighted by Gasteiger charge is 2.30. The molecule has 0 N–H and O–H groups in total. The number of aromatic nitrogens is 2. The smallest absolute Gasteiger partial charge is 0.272 e. The number of carbonyl (C=O) groups excluding carboxylic acids is 1. The molecule has 2 aromatic heterocycles. The van der Waals surface area contributed by atoms with Gasteiger partial charge in [0.1, 0.15) is 5.69 Å². The highest BCUT2D eigenvalue weighted by atomic mass is 32.1. The molecule has 3 rings (SSSR count). The molecule has 1 unspecified atom stereocenters. The molecule has 2 heterocycles. The molecule has 0 saturated heterocycles. The average Bonchev–Trinajstić information content (AvgIpc) is 3.03. The second kappa shape index (κ2) is 6.79. The molecular weight excluding hydrogens is 306 g/mol. The summed E-state index contributed by atoms with van der Waals surface area (Å²) in [4.78, 5) is 25.0. The van der Waals surface area contributed by atoms with E-state index in [0.29, 0.717) is 5.69 Å². The number of hydrogen-bond donors (Lipinski definition) is 0. The maximum atomic E-state index is 12.8. The fourth-order valence-corrected chi connectivity index (χ4v) is 4.33. The standard InChI is InChI=1S/C18H23N3OS/c1-4-12-9-10-19-14(11-12)18(22)21(3)15-8-6-7-13-17(15)23-16(5-2)20-13/h9-11,15H,4-8H2,1-3H3. The Balaban J connectivity index is 1.87. The average molecular weight is 329 g/mol. The molecule has 0 radical (unpaired) electrons. The Labute approximate surface area is 141 Å². The number of carbonyl (C=O) groups is 1. The van der Waals surface area contributed by atoms with Crippen LogP contribution in [0, 0.1) is 0 Å². The summed E-state index contributed by atoms with van der Waals surface area (Å²) in [5.74, 6) is 0.00426. The van der Waals surface area contributed by atoms with E-state index in [1.807, 2.05) is 24.1 Å². The van der Waals surface area contributed by atoms with Crippen molar-refractivity contribution >= 4 is 17.2 Å². The number of hydrogen-bond acceptors (Lipinski definition) is 4. The van der Waals surface area contributed by atoms with Crippen molar-refractivity contribution in [3.8, 4) is 0 Å². The van der Waals surface area contributed by atoms with Crippen LogP contribution < -0.4 is 0 Å². The monoisotopic (exact) mass is 329 g/mol. The largest absolute Gasteiger partial charge is 0.332 e. The number of fused-ring (bicyclic) bond motifs is 1. The van der Waals surface area contributed by atoms with Gasteiger partial charge >= 0.3 is 0 Å². The van der Waals surface area contributed by atoms with Crippen molar-refractivity contribution in [1.82, 2.24) is 14.9 Å². The van der Waals surface area contributed by atoms with E-state index in [2.05, 4.69) is 18.8 Å². The predicted octanol–water partition coefficient (Wildman–Crippen LogP) is 3.81. The zero-order valence-electron chi connectivity index (χ0n) is 14.0. The summed E-state index contributed by atoms with van der Waals surface area (Å²) in [6, 6.07) is 4.01. The Morgan fingerprint density at radius 3 is 2.96 bits per heavy atom. The summed E-state index contributed by atoms with van der Waals surface area (Å²) >= 11 is 1.77. The fourth-order valence-electron chi connectivity index (χ4n) is 3.10. The van der Waals surface area contributed by atoms with Gasteiger partial charge in [-0.2, -0.15) is 0 Å². The summed E-state index contributed by atoms with van der Waals surface area (Å²) in [5.41, 5.74) is 2.88. The van der Waals surface area contributed by atoms with E-state index in [0.717, 1.165) is 37.7 Å². The molecule has 1 atom stereocenters. The first kappa shape index (κ1) is 16.1. The normalized spacial score (nSPS) is 16.9. The predicted molar refractivity (Wildman–Crippen MR) is 92.9 cm³/mol. The van der Waals surface area contributed by atoms with Gasteiger partial charge in [-0.15, -0.1) is 11.3 Å². The molecule has 23 heavy (non-hydrogen) atoms. The van der Waals surface area contributed by atoms with Gasteiger partial charge in [0.15, 0.2) is 0 Å². The molecule has 2 aromatic rings. The summed E-state index contributed by atoms with van der Waals surface area (Å²) < 4.78 is 0. The SMILES string of the molecule is CCc1ccnc(C(=O)N(C)C2CCCc3nc(CC)sc32)c1. The van der Waals surface area contributed by atoms with E-state index in [1.54, 1.807) is 17.5 Å². The van der Waals surface area contributed by atoms with Crippen LogP contribution in [-0.4, -0.2) is 27.8 Å². The van der Waals surface area contributed by atoms with E-state index in [9.17, 15) is 4.79 Å². The Hall–Kier alpha value is -1.75. The maximum absolute atomic E-state index is 12.8. The summed E-state index contributed by atoms with van der Waals surface area (Å²) in [6.07, 6.45) is 6.73. The van der Waals surface area contributed by atoms with E-state index in [4.69, 9.17) is 4.98 Å². The van der Waals surface area contributed by atoms with Crippen molar-refractivity contribution in [3.63, 3.8) is 0 Å². The Morgan fingerprint density at radius 2 is 2.22 bits per heavy atom. The van der Waals surface area contributed by atoms with Gasteiger partial charge in [-0.25, -0.2) is 4.98 Å². The molecule has 1 aliphatic rings. The first-order valence-corrected chi connectivity index (χ1v) is 9.16. The van der Waals surface area contributed by atoms with Crippen LogP contribution in [0.25, 0.3) is 0 Å². The van der Waals surface area contributed by atoms with Gasteiger partial charge in [-0.1, -0.05) is 13.8 Å². The van der Waals surface area contributed by atoms with Crippen LogP contribution in [0.4, 0.5) is 0 Å². The Kier molecular flexibility index (Phi) is 4.76. The number of thiazole rings is 1. The number of rotatable bonds is 4. The van der Waals surface area contributed by atoms with Crippen LogP contribution in [0.1, 0.15) is 64.4 Å².